The molecule has 2 rings (SSSR count). The molecule has 0 amide bonds. The van der Waals surface area contributed by atoms with Crippen LogP contribution in [0.15, 0.2) is 42.5 Å². The Bertz CT molecular complexity index is 552. The zero-order chi connectivity index (χ0) is 13.1. The SMILES string of the molecule is CCN(c1cccc(C)c1)c1ccc(N)cc1F. The van der Waals surface area contributed by atoms with E-state index in [0.717, 1.165) is 11.3 Å². The summed E-state index contributed by atoms with van der Waals surface area (Å²) >= 11 is 0. The molecule has 2 nitrogen and oxygen atoms in total. The molecule has 0 radical (unpaired) electrons. The van der Waals surface area contributed by atoms with Gasteiger partial charge in [0, 0.05) is 17.9 Å². The van der Waals surface area contributed by atoms with Crippen LogP contribution in [0, 0.1) is 12.7 Å². The molecule has 0 saturated heterocycles. The third-order valence-electron chi connectivity index (χ3n) is 2.89. The number of rotatable bonds is 3. The van der Waals surface area contributed by atoms with Crippen LogP contribution in [0.1, 0.15) is 12.5 Å². The highest BCUT2D eigenvalue weighted by molar-refractivity contribution is 5.66. The fourth-order valence-corrected chi connectivity index (χ4v) is 2.03. The van der Waals surface area contributed by atoms with Crippen LogP contribution in [0.25, 0.3) is 0 Å². The highest BCUT2D eigenvalue weighted by atomic mass is 19.1. The Morgan fingerprint density at radius 3 is 2.56 bits per heavy atom. The minimum absolute atomic E-state index is 0.293. The number of halogens is 1. The molecule has 0 bridgehead atoms. The second-order valence-corrected chi connectivity index (χ2v) is 4.29. The molecular weight excluding hydrogens is 227 g/mol. The van der Waals surface area contributed by atoms with E-state index in [0.29, 0.717) is 17.9 Å². The van der Waals surface area contributed by atoms with Gasteiger partial charge in [-0.25, -0.2) is 4.39 Å². The smallest absolute Gasteiger partial charge is 0.148 e. The molecule has 0 aliphatic rings. The van der Waals surface area contributed by atoms with Crippen LogP contribution >= 0.6 is 0 Å². The van der Waals surface area contributed by atoms with Gasteiger partial charge in [0.25, 0.3) is 0 Å². The summed E-state index contributed by atoms with van der Waals surface area (Å²) in [5, 5.41) is 0. The maximum atomic E-state index is 14.0. The Hall–Kier alpha value is -2.03. The molecule has 0 fully saturated rings. The first-order valence-electron chi connectivity index (χ1n) is 6.01. The zero-order valence-electron chi connectivity index (χ0n) is 10.7. The zero-order valence-corrected chi connectivity index (χ0v) is 10.7. The maximum Gasteiger partial charge on any atom is 0.148 e. The van der Waals surface area contributed by atoms with Crippen molar-refractivity contribution >= 4 is 17.1 Å². The van der Waals surface area contributed by atoms with Gasteiger partial charge in [-0.1, -0.05) is 12.1 Å². The van der Waals surface area contributed by atoms with Crippen LogP contribution in [0.5, 0.6) is 0 Å². The molecule has 0 aromatic heterocycles. The van der Waals surface area contributed by atoms with Crippen LogP contribution in [0.3, 0.4) is 0 Å². The monoisotopic (exact) mass is 244 g/mol. The van der Waals surface area contributed by atoms with Gasteiger partial charge < -0.3 is 10.6 Å². The van der Waals surface area contributed by atoms with Gasteiger partial charge in [-0.15, -0.1) is 0 Å². The molecule has 94 valence electrons. The van der Waals surface area contributed by atoms with Crippen molar-refractivity contribution in [3.63, 3.8) is 0 Å². The summed E-state index contributed by atoms with van der Waals surface area (Å²) in [6.45, 7) is 4.72. The van der Waals surface area contributed by atoms with E-state index < -0.39 is 0 Å². The number of nitrogens with two attached hydrogens (primary N) is 1. The first kappa shape index (κ1) is 12.4. The molecule has 0 spiro atoms. The lowest BCUT2D eigenvalue weighted by Crippen LogP contribution is -2.17. The maximum absolute atomic E-state index is 14.0. The first-order valence-corrected chi connectivity index (χ1v) is 6.01. The summed E-state index contributed by atoms with van der Waals surface area (Å²) in [7, 11) is 0. The van der Waals surface area contributed by atoms with Gasteiger partial charge in [0.05, 0.1) is 5.69 Å². The number of hydrogen-bond donors (Lipinski definition) is 1. The van der Waals surface area contributed by atoms with Crippen molar-refractivity contribution in [1.29, 1.82) is 0 Å². The normalized spacial score (nSPS) is 10.4. The van der Waals surface area contributed by atoms with Gasteiger partial charge in [0.1, 0.15) is 5.82 Å². The highest BCUT2D eigenvalue weighted by Gasteiger charge is 2.12. The summed E-state index contributed by atoms with van der Waals surface area (Å²) < 4.78 is 14.0. The largest absolute Gasteiger partial charge is 0.399 e. The molecule has 0 aliphatic heterocycles. The van der Waals surface area contributed by atoms with Crippen LogP contribution in [0.2, 0.25) is 0 Å². The highest BCUT2D eigenvalue weighted by Crippen LogP contribution is 2.29. The second kappa shape index (κ2) is 5.08. The van der Waals surface area contributed by atoms with E-state index in [9.17, 15) is 4.39 Å². The predicted molar refractivity (Wildman–Crippen MR) is 74.7 cm³/mol. The van der Waals surface area contributed by atoms with Gasteiger partial charge in [-0.05, 0) is 49.7 Å². The van der Waals surface area contributed by atoms with Crippen molar-refractivity contribution in [2.24, 2.45) is 0 Å². The molecule has 3 heteroatoms. The lowest BCUT2D eigenvalue weighted by Gasteiger charge is -2.24. The fraction of sp³-hybridized carbons (Fsp3) is 0.200. The summed E-state index contributed by atoms with van der Waals surface area (Å²) in [5.41, 5.74) is 8.71. The van der Waals surface area contributed by atoms with Gasteiger partial charge in [0.15, 0.2) is 0 Å². The van der Waals surface area contributed by atoms with E-state index >= 15 is 0 Å². The van der Waals surface area contributed by atoms with Crippen LogP contribution in [0.4, 0.5) is 21.5 Å². The number of nitrogen functional groups attached to an aromatic ring is 1. The number of hydrogen-bond acceptors (Lipinski definition) is 2. The number of benzene rings is 2. The van der Waals surface area contributed by atoms with Crippen molar-refractivity contribution in [1.82, 2.24) is 0 Å². The third-order valence-corrected chi connectivity index (χ3v) is 2.89. The molecule has 18 heavy (non-hydrogen) atoms. The average Bonchev–Trinajstić information content (AvgIpc) is 2.33. The molecule has 0 heterocycles. The van der Waals surface area contributed by atoms with Gasteiger partial charge in [-0.2, -0.15) is 0 Å². The second-order valence-electron chi connectivity index (χ2n) is 4.29. The minimum atomic E-state index is -0.293. The molecule has 2 aromatic rings. The minimum Gasteiger partial charge on any atom is -0.399 e. The summed E-state index contributed by atoms with van der Waals surface area (Å²) in [6, 6.07) is 12.8. The Balaban J connectivity index is 2.45. The molecule has 2 aromatic carbocycles. The molecule has 2 N–H and O–H groups in total. The van der Waals surface area contributed by atoms with Crippen molar-refractivity contribution in [3.05, 3.63) is 53.8 Å². The molecule has 0 aliphatic carbocycles. The van der Waals surface area contributed by atoms with Crippen molar-refractivity contribution in [3.8, 4) is 0 Å². The third kappa shape index (κ3) is 2.45. The first-order chi connectivity index (χ1) is 8.61. The van der Waals surface area contributed by atoms with Gasteiger partial charge in [-0.3, -0.25) is 0 Å². The lowest BCUT2D eigenvalue weighted by atomic mass is 10.2. The fourth-order valence-electron chi connectivity index (χ4n) is 2.03. The standard InChI is InChI=1S/C15H17FN2/c1-3-18(13-6-4-5-11(2)9-13)15-8-7-12(17)10-14(15)16/h4-10H,3,17H2,1-2H3. The molecule has 0 saturated carbocycles. The van der Waals surface area contributed by atoms with Gasteiger partial charge >= 0.3 is 0 Å². The molecule has 0 atom stereocenters. The van der Waals surface area contributed by atoms with Crippen LogP contribution < -0.4 is 10.6 Å². The van der Waals surface area contributed by atoms with E-state index in [1.54, 1.807) is 12.1 Å². The lowest BCUT2D eigenvalue weighted by molar-refractivity contribution is 0.626. The summed E-state index contributed by atoms with van der Waals surface area (Å²) in [4.78, 5) is 1.93. The van der Waals surface area contributed by atoms with Crippen molar-refractivity contribution in [2.45, 2.75) is 13.8 Å². The van der Waals surface area contributed by atoms with E-state index in [1.165, 1.54) is 6.07 Å². The van der Waals surface area contributed by atoms with Crippen LogP contribution in [-0.4, -0.2) is 6.54 Å². The predicted octanol–water partition coefficient (Wildman–Crippen LogP) is 3.87. The summed E-state index contributed by atoms with van der Waals surface area (Å²) in [5.74, 6) is -0.293. The molecule has 0 unspecified atom stereocenters. The average molecular weight is 244 g/mol. The van der Waals surface area contributed by atoms with Gasteiger partial charge in [0.2, 0.25) is 0 Å². The van der Waals surface area contributed by atoms with E-state index in [4.69, 9.17) is 5.73 Å². The Labute approximate surface area is 107 Å². The van der Waals surface area contributed by atoms with Crippen molar-refractivity contribution in [2.75, 3.05) is 17.2 Å². The Kier molecular flexibility index (Phi) is 3.51. The summed E-state index contributed by atoms with van der Waals surface area (Å²) in [6.07, 6.45) is 0. The number of nitrogens with zero attached hydrogens (tertiary/aromatic N) is 1. The Morgan fingerprint density at radius 2 is 1.94 bits per heavy atom. The Morgan fingerprint density at radius 1 is 1.17 bits per heavy atom. The van der Waals surface area contributed by atoms with E-state index in [-0.39, 0.29) is 5.82 Å². The topological polar surface area (TPSA) is 29.3 Å². The molecular formula is C15H17FN2. The number of anilines is 3. The van der Waals surface area contributed by atoms with Crippen molar-refractivity contribution < 1.29 is 4.39 Å². The van der Waals surface area contributed by atoms with E-state index in [2.05, 4.69) is 0 Å². The number of aryl methyl sites for hydroxylation is 1. The van der Waals surface area contributed by atoms with E-state index in [1.807, 2.05) is 43.0 Å². The van der Waals surface area contributed by atoms with Crippen LogP contribution in [-0.2, 0) is 0 Å². The quantitative estimate of drug-likeness (QED) is 0.830.